The summed E-state index contributed by atoms with van der Waals surface area (Å²) >= 11 is 0. The normalized spacial score (nSPS) is 20.7. The molecule has 1 saturated heterocycles. The third-order valence-electron chi connectivity index (χ3n) is 4.85. The molecule has 0 spiro atoms. The molecule has 1 amide bonds. The summed E-state index contributed by atoms with van der Waals surface area (Å²) < 4.78 is 15.6. The Morgan fingerprint density at radius 3 is 3.04 bits per heavy atom. The molecule has 4 rings (SSSR count). The first-order valence-electron chi connectivity index (χ1n) is 8.45. The van der Waals surface area contributed by atoms with Crippen LogP contribution in [0.4, 0.5) is 4.39 Å². The molecule has 0 radical (unpaired) electrons. The fourth-order valence-electron chi connectivity index (χ4n) is 3.58. The molecule has 2 atom stereocenters. The van der Waals surface area contributed by atoms with E-state index in [0.29, 0.717) is 25.3 Å². The highest BCUT2D eigenvalue weighted by molar-refractivity contribution is 5.92. The quantitative estimate of drug-likeness (QED) is 0.651. The molecule has 136 valence electrons. The van der Waals surface area contributed by atoms with Gasteiger partial charge in [-0.2, -0.15) is 5.10 Å². The van der Waals surface area contributed by atoms with E-state index in [-0.39, 0.29) is 17.8 Å². The third-order valence-corrected chi connectivity index (χ3v) is 4.85. The van der Waals surface area contributed by atoms with Gasteiger partial charge in [-0.15, -0.1) is 0 Å². The third kappa shape index (κ3) is 3.09. The molecule has 2 aromatic heterocycles. The molecule has 0 bridgehead atoms. The summed E-state index contributed by atoms with van der Waals surface area (Å²) in [7, 11) is 1.93. The van der Waals surface area contributed by atoms with Crippen LogP contribution < -0.4 is 5.32 Å². The predicted octanol–water partition coefficient (Wildman–Crippen LogP) is 1.02. The summed E-state index contributed by atoms with van der Waals surface area (Å²) in [4.78, 5) is 14.2. The van der Waals surface area contributed by atoms with Gasteiger partial charge in [-0.25, -0.2) is 4.39 Å². The van der Waals surface area contributed by atoms with Gasteiger partial charge in [0.25, 0.3) is 5.91 Å². The number of hydrogen-bond acceptors (Lipinski definition) is 4. The smallest absolute Gasteiger partial charge is 0.269 e. The molecule has 8 heteroatoms. The van der Waals surface area contributed by atoms with E-state index in [1.807, 2.05) is 17.8 Å². The van der Waals surface area contributed by atoms with Gasteiger partial charge >= 0.3 is 0 Å². The van der Waals surface area contributed by atoms with Crippen LogP contribution in [-0.2, 0) is 13.6 Å². The van der Waals surface area contributed by atoms with Crippen molar-refractivity contribution in [2.75, 3.05) is 13.1 Å². The lowest BCUT2D eigenvalue weighted by Gasteiger charge is -2.16. The van der Waals surface area contributed by atoms with Crippen LogP contribution in [0, 0.1) is 5.82 Å². The molecule has 3 heterocycles. The molecule has 26 heavy (non-hydrogen) atoms. The number of fused-ring (bicyclic) bond motifs is 1. The standard InChI is InChI=1S/C18H20FN5O2/c1-23-7-11(13-6-12(19)2-3-16(13)23)8-24-9-15(17(25)10-24)21-18(26)14-4-5-20-22-14/h2-7,15,17,25H,8-10H2,1H3,(H,20,22)(H,21,26)/t15-,17-/m1/s1. The summed E-state index contributed by atoms with van der Waals surface area (Å²) in [6.45, 7) is 1.54. The van der Waals surface area contributed by atoms with Crippen molar-refractivity contribution in [2.24, 2.45) is 7.05 Å². The van der Waals surface area contributed by atoms with Gasteiger partial charge in [0.15, 0.2) is 0 Å². The van der Waals surface area contributed by atoms with E-state index in [1.165, 1.54) is 18.3 Å². The Morgan fingerprint density at radius 1 is 1.42 bits per heavy atom. The molecule has 1 aliphatic rings. The lowest BCUT2D eigenvalue weighted by Crippen LogP contribution is -2.42. The van der Waals surface area contributed by atoms with Crippen LogP contribution in [0.3, 0.4) is 0 Å². The van der Waals surface area contributed by atoms with E-state index in [2.05, 4.69) is 20.4 Å². The Balaban J connectivity index is 1.47. The maximum Gasteiger partial charge on any atom is 0.269 e. The first-order valence-corrected chi connectivity index (χ1v) is 8.45. The van der Waals surface area contributed by atoms with Gasteiger partial charge in [0.1, 0.15) is 11.5 Å². The molecule has 1 fully saturated rings. The molecule has 0 aliphatic carbocycles. The highest BCUT2D eigenvalue weighted by Gasteiger charge is 2.33. The van der Waals surface area contributed by atoms with Crippen LogP contribution in [0.1, 0.15) is 16.1 Å². The highest BCUT2D eigenvalue weighted by Crippen LogP contribution is 2.24. The van der Waals surface area contributed by atoms with E-state index in [0.717, 1.165) is 16.5 Å². The summed E-state index contributed by atoms with van der Waals surface area (Å²) in [5.41, 5.74) is 2.32. The monoisotopic (exact) mass is 357 g/mol. The molecule has 0 unspecified atom stereocenters. The lowest BCUT2D eigenvalue weighted by molar-refractivity contribution is 0.0883. The fourth-order valence-corrected chi connectivity index (χ4v) is 3.58. The number of aryl methyl sites for hydroxylation is 1. The van der Waals surface area contributed by atoms with Crippen molar-refractivity contribution in [2.45, 2.75) is 18.7 Å². The number of aliphatic hydroxyl groups excluding tert-OH is 1. The largest absolute Gasteiger partial charge is 0.390 e. The Kier molecular flexibility index (Phi) is 4.21. The van der Waals surface area contributed by atoms with Crippen molar-refractivity contribution in [1.29, 1.82) is 0 Å². The second-order valence-corrected chi connectivity index (χ2v) is 6.74. The average Bonchev–Trinajstić information content (AvgIpc) is 3.30. The van der Waals surface area contributed by atoms with Crippen LogP contribution in [0.25, 0.3) is 10.9 Å². The first kappa shape index (κ1) is 16.7. The molecule has 3 N–H and O–H groups in total. The number of carbonyl (C=O) groups excluding carboxylic acids is 1. The number of H-pyrrole nitrogens is 1. The first-order chi connectivity index (χ1) is 12.5. The second-order valence-electron chi connectivity index (χ2n) is 6.74. The molecule has 7 nitrogen and oxygen atoms in total. The van der Waals surface area contributed by atoms with Crippen molar-refractivity contribution in [3.05, 3.63) is 53.7 Å². The van der Waals surface area contributed by atoms with Crippen molar-refractivity contribution in [3.63, 3.8) is 0 Å². The molecular formula is C18H20FN5O2. The van der Waals surface area contributed by atoms with E-state index < -0.39 is 6.10 Å². The van der Waals surface area contributed by atoms with Crippen LogP contribution in [0.2, 0.25) is 0 Å². The van der Waals surface area contributed by atoms with Crippen molar-refractivity contribution < 1.29 is 14.3 Å². The number of aromatic amines is 1. The Bertz CT molecular complexity index is 937. The van der Waals surface area contributed by atoms with Crippen LogP contribution >= 0.6 is 0 Å². The van der Waals surface area contributed by atoms with Crippen LogP contribution in [0.5, 0.6) is 0 Å². The molecule has 1 aliphatic heterocycles. The maximum atomic E-state index is 13.6. The zero-order chi connectivity index (χ0) is 18.3. The number of benzene rings is 1. The predicted molar refractivity (Wildman–Crippen MR) is 94.0 cm³/mol. The van der Waals surface area contributed by atoms with Gasteiger partial charge in [-0.05, 0) is 29.8 Å². The van der Waals surface area contributed by atoms with Crippen molar-refractivity contribution in [1.82, 2.24) is 25.0 Å². The number of hydrogen-bond donors (Lipinski definition) is 3. The SMILES string of the molecule is Cn1cc(CN2C[C@@H](O)[C@H](NC(=O)c3ccn[nH]3)C2)c2cc(F)ccc21. The van der Waals surface area contributed by atoms with Gasteiger partial charge in [0, 0.05) is 50.0 Å². The summed E-state index contributed by atoms with van der Waals surface area (Å²) in [5, 5.41) is 20.4. The lowest BCUT2D eigenvalue weighted by atomic mass is 10.1. The molecular weight excluding hydrogens is 337 g/mol. The van der Waals surface area contributed by atoms with Gasteiger partial charge in [0.2, 0.25) is 0 Å². The molecule has 0 saturated carbocycles. The Hall–Kier alpha value is -2.71. The number of halogens is 1. The van der Waals surface area contributed by atoms with Crippen molar-refractivity contribution in [3.8, 4) is 0 Å². The second kappa shape index (κ2) is 6.54. The van der Waals surface area contributed by atoms with Gasteiger partial charge in [-0.3, -0.25) is 14.8 Å². The fraction of sp³-hybridized carbons (Fsp3) is 0.333. The van der Waals surface area contributed by atoms with E-state index in [1.54, 1.807) is 12.1 Å². The number of nitrogens with zero attached hydrogens (tertiary/aromatic N) is 3. The van der Waals surface area contributed by atoms with Crippen LogP contribution in [0.15, 0.2) is 36.7 Å². The minimum absolute atomic E-state index is 0.267. The van der Waals surface area contributed by atoms with Gasteiger partial charge in [-0.1, -0.05) is 0 Å². The number of carbonyl (C=O) groups is 1. The highest BCUT2D eigenvalue weighted by atomic mass is 19.1. The van der Waals surface area contributed by atoms with Crippen LogP contribution in [-0.4, -0.2) is 55.9 Å². The Labute approximate surface area is 149 Å². The maximum absolute atomic E-state index is 13.6. The minimum atomic E-state index is -0.659. The van der Waals surface area contributed by atoms with E-state index in [9.17, 15) is 14.3 Å². The average molecular weight is 357 g/mol. The summed E-state index contributed by atoms with van der Waals surface area (Å²) in [6, 6.07) is 5.97. The number of nitrogens with one attached hydrogen (secondary N) is 2. The number of β-amino-alcohol motifs (C(OH)–C–C–N with tert-alkyl or cyclic N) is 1. The zero-order valence-electron chi connectivity index (χ0n) is 14.3. The molecule has 3 aromatic rings. The zero-order valence-corrected chi connectivity index (χ0v) is 14.3. The van der Waals surface area contributed by atoms with E-state index in [4.69, 9.17) is 0 Å². The number of aromatic nitrogens is 3. The summed E-state index contributed by atoms with van der Waals surface area (Å²) in [5.74, 6) is -0.559. The topological polar surface area (TPSA) is 86.2 Å². The van der Waals surface area contributed by atoms with Gasteiger partial charge in [0.05, 0.1) is 12.1 Å². The van der Waals surface area contributed by atoms with Gasteiger partial charge < -0.3 is 15.0 Å². The van der Waals surface area contributed by atoms with E-state index >= 15 is 0 Å². The number of rotatable bonds is 4. The minimum Gasteiger partial charge on any atom is -0.390 e. The number of amides is 1. The molecule has 1 aromatic carbocycles. The number of likely N-dealkylation sites (tertiary alicyclic amines) is 1. The van der Waals surface area contributed by atoms with Crippen molar-refractivity contribution >= 4 is 16.8 Å². The number of aliphatic hydroxyl groups is 1. The Morgan fingerprint density at radius 2 is 2.27 bits per heavy atom. The summed E-state index contributed by atoms with van der Waals surface area (Å²) in [6.07, 6.45) is 2.83.